The van der Waals surface area contributed by atoms with Crippen molar-refractivity contribution in [2.24, 2.45) is 5.92 Å². The molecule has 0 unspecified atom stereocenters. The summed E-state index contributed by atoms with van der Waals surface area (Å²) < 4.78 is 1.90. The van der Waals surface area contributed by atoms with Crippen LogP contribution in [0, 0.1) is 5.92 Å². The van der Waals surface area contributed by atoms with E-state index in [9.17, 15) is 4.79 Å². The highest BCUT2D eigenvalue weighted by Gasteiger charge is 2.29. The molecule has 3 aromatic heterocycles. The summed E-state index contributed by atoms with van der Waals surface area (Å²) in [5, 5.41) is 8.54. The highest BCUT2D eigenvalue weighted by molar-refractivity contribution is 6.05. The van der Waals surface area contributed by atoms with Crippen molar-refractivity contribution >= 4 is 28.0 Å². The van der Waals surface area contributed by atoms with Gasteiger partial charge in [-0.15, -0.1) is 0 Å². The number of benzene rings is 1. The van der Waals surface area contributed by atoms with E-state index in [1.54, 1.807) is 6.20 Å². The van der Waals surface area contributed by atoms with Crippen molar-refractivity contribution in [2.75, 3.05) is 0 Å². The van der Waals surface area contributed by atoms with E-state index in [4.69, 9.17) is 9.97 Å². The van der Waals surface area contributed by atoms with Crippen LogP contribution in [0.5, 0.6) is 0 Å². The van der Waals surface area contributed by atoms with Crippen LogP contribution in [0.1, 0.15) is 80.4 Å². The fourth-order valence-corrected chi connectivity index (χ4v) is 4.08. The molecule has 4 aromatic rings. The first-order valence-electron chi connectivity index (χ1n) is 11.1. The largest absolute Gasteiger partial charge is 0.342 e. The number of imidazole rings is 1. The quantitative estimate of drug-likeness (QED) is 0.468. The molecule has 160 valence electrons. The molecule has 1 amide bonds. The van der Waals surface area contributed by atoms with Gasteiger partial charge in [-0.05, 0) is 50.8 Å². The van der Waals surface area contributed by atoms with Crippen LogP contribution in [0.3, 0.4) is 0 Å². The van der Waals surface area contributed by atoms with Crippen molar-refractivity contribution in [3.05, 3.63) is 53.6 Å². The van der Waals surface area contributed by atoms with E-state index in [1.807, 2.05) is 35.0 Å². The zero-order valence-electron chi connectivity index (χ0n) is 18.4. The Morgan fingerprint density at radius 2 is 1.94 bits per heavy atom. The number of fused-ring (bicyclic) bond motifs is 2. The molecular weight excluding hydrogens is 388 g/mol. The zero-order valence-corrected chi connectivity index (χ0v) is 18.4. The number of carbonyl (C=O) groups is 1. The molecule has 7 heteroatoms. The molecule has 1 aliphatic rings. The smallest absolute Gasteiger partial charge is 0.252 e. The van der Waals surface area contributed by atoms with Crippen molar-refractivity contribution in [3.8, 4) is 0 Å². The van der Waals surface area contributed by atoms with Crippen LogP contribution >= 0.6 is 0 Å². The van der Waals surface area contributed by atoms with Gasteiger partial charge < -0.3 is 10.3 Å². The Kier molecular flexibility index (Phi) is 4.76. The van der Waals surface area contributed by atoms with Crippen LogP contribution < -0.4 is 5.32 Å². The summed E-state index contributed by atoms with van der Waals surface area (Å²) in [7, 11) is 0. The van der Waals surface area contributed by atoms with Gasteiger partial charge in [0, 0.05) is 17.7 Å². The van der Waals surface area contributed by atoms with Crippen molar-refractivity contribution < 1.29 is 4.79 Å². The molecule has 1 fully saturated rings. The number of para-hydroxylation sites is 2. The molecule has 7 nitrogen and oxygen atoms in total. The topological polar surface area (TPSA) is 88.5 Å². The lowest BCUT2D eigenvalue weighted by Crippen LogP contribution is -2.32. The number of pyridine rings is 1. The third kappa shape index (κ3) is 3.58. The summed E-state index contributed by atoms with van der Waals surface area (Å²) in [4.78, 5) is 26.5. The maximum absolute atomic E-state index is 13.5. The minimum atomic E-state index is -0.229. The number of nitrogens with zero attached hydrogens (tertiary/aromatic N) is 4. The Morgan fingerprint density at radius 1 is 1.16 bits per heavy atom. The van der Waals surface area contributed by atoms with Crippen LogP contribution in [-0.2, 0) is 0 Å². The molecule has 2 N–H and O–H groups in total. The van der Waals surface area contributed by atoms with E-state index in [1.165, 1.54) is 0 Å². The Labute approximate surface area is 181 Å². The number of aromatic amines is 1. The number of nitrogens with one attached hydrogen (secondary N) is 2. The second-order valence-corrected chi connectivity index (χ2v) is 9.12. The van der Waals surface area contributed by atoms with Crippen LogP contribution in [-0.4, -0.2) is 30.6 Å². The molecule has 1 aromatic carbocycles. The summed E-state index contributed by atoms with van der Waals surface area (Å²) in [6.45, 7) is 8.33. The van der Waals surface area contributed by atoms with Crippen LogP contribution in [0.15, 0.2) is 36.5 Å². The second-order valence-electron chi connectivity index (χ2n) is 9.12. The minimum absolute atomic E-state index is 0.114. The molecule has 31 heavy (non-hydrogen) atoms. The summed E-state index contributed by atoms with van der Waals surface area (Å²) >= 11 is 0. The number of hydrogen-bond acceptors (Lipinski definition) is 4. The van der Waals surface area contributed by atoms with E-state index in [-0.39, 0.29) is 23.9 Å². The normalized spacial score (nSPS) is 15.3. The van der Waals surface area contributed by atoms with Gasteiger partial charge in [0.15, 0.2) is 5.65 Å². The van der Waals surface area contributed by atoms with Crippen LogP contribution in [0.25, 0.3) is 22.1 Å². The van der Waals surface area contributed by atoms with E-state index in [2.05, 4.69) is 43.1 Å². The highest BCUT2D eigenvalue weighted by atomic mass is 16.1. The Morgan fingerprint density at radius 3 is 2.61 bits per heavy atom. The lowest BCUT2D eigenvalue weighted by atomic mass is 10.0. The fraction of sp³-hybridized carbons (Fsp3) is 0.417. The molecule has 5 rings (SSSR count). The van der Waals surface area contributed by atoms with Gasteiger partial charge in [0.05, 0.1) is 34.2 Å². The second kappa shape index (κ2) is 7.48. The molecule has 3 heterocycles. The van der Waals surface area contributed by atoms with E-state index < -0.39 is 0 Å². The molecule has 1 atom stereocenters. The van der Waals surface area contributed by atoms with Crippen molar-refractivity contribution in [1.29, 1.82) is 0 Å². The molecule has 0 radical (unpaired) electrons. The van der Waals surface area contributed by atoms with Gasteiger partial charge in [-0.2, -0.15) is 5.10 Å². The third-order valence-electron chi connectivity index (χ3n) is 5.97. The average Bonchev–Trinajstić information content (AvgIpc) is 3.36. The monoisotopic (exact) mass is 416 g/mol. The number of H-pyrrole nitrogens is 1. The zero-order chi connectivity index (χ0) is 21.7. The SMILES string of the molecule is CC(C)[C@@H](NC(=O)c1cc(C2CC2)nc2c1cnn2C(C)C)c1nc2ccccc2[nH]1. The minimum Gasteiger partial charge on any atom is -0.342 e. The molecule has 0 saturated heterocycles. The molecule has 0 aliphatic heterocycles. The van der Waals surface area contributed by atoms with Crippen molar-refractivity contribution in [3.63, 3.8) is 0 Å². The lowest BCUT2D eigenvalue weighted by molar-refractivity contribution is 0.0925. The maximum atomic E-state index is 13.5. The third-order valence-corrected chi connectivity index (χ3v) is 5.97. The van der Waals surface area contributed by atoms with Crippen molar-refractivity contribution in [2.45, 2.75) is 58.5 Å². The number of hydrogen-bond donors (Lipinski definition) is 2. The first-order valence-corrected chi connectivity index (χ1v) is 11.1. The molecular formula is C24H28N6O. The Balaban J connectivity index is 1.54. The molecule has 0 bridgehead atoms. The standard InChI is InChI=1S/C24H28N6O/c1-13(2)21(22-26-18-7-5-6-8-19(18)27-22)29-24(31)16-11-20(15-9-10-15)28-23-17(16)12-25-30(23)14(3)4/h5-8,11-15,21H,9-10H2,1-4H3,(H,26,27)(H,29,31)/t21-/m1/s1. The average molecular weight is 417 g/mol. The van der Waals surface area contributed by atoms with E-state index >= 15 is 0 Å². The number of aromatic nitrogens is 5. The van der Waals surface area contributed by atoms with Gasteiger partial charge in [-0.1, -0.05) is 26.0 Å². The van der Waals surface area contributed by atoms with Crippen LogP contribution in [0.4, 0.5) is 0 Å². The number of amides is 1. The van der Waals surface area contributed by atoms with Gasteiger partial charge in [-0.25, -0.2) is 14.6 Å². The van der Waals surface area contributed by atoms with Gasteiger partial charge in [0.25, 0.3) is 5.91 Å². The first-order chi connectivity index (χ1) is 14.9. The summed E-state index contributed by atoms with van der Waals surface area (Å²) in [5.74, 6) is 1.28. The van der Waals surface area contributed by atoms with E-state index in [0.717, 1.165) is 46.4 Å². The summed E-state index contributed by atoms with van der Waals surface area (Å²) in [6.07, 6.45) is 4.02. The molecule has 1 saturated carbocycles. The van der Waals surface area contributed by atoms with Gasteiger partial charge in [0.2, 0.25) is 0 Å². The van der Waals surface area contributed by atoms with Gasteiger partial charge in [-0.3, -0.25) is 4.79 Å². The Bertz CT molecular complexity index is 1230. The molecule has 0 spiro atoms. The van der Waals surface area contributed by atoms with E-state index in [0.29, 0.717) is 11.5 Å². The first kappa shape index (κ1) is 19.7. The van der Waals surface area contributed by atoms with Gasteiger partial charge in [0.1, 0.15) is 5.82 Å². The van der Waals surface area contributed by atoms with Crippen molar-refractivity contribution in [1.82, 2.24) is 30.0 Å². The Hall–Kier alpha value is -3.22. The number of rotatable bonds is 6. The summed E-state index contributed by atoms with van der Waals surface area (Å²) in [6, 6.07) is 9.82. The lowest BCUT2D eigenvalue weighted by Gasteiger charge is -2.21. The van der Waals surface area contributed by atoms with Gasteiger partial charge >= 0.3 is 0 Å². The number of carbonyl (C=O) groups excluding carboxylic acids is 1. The predicted molar refractivity (Wildman–Crippen MR) is 121 cm³/mol. The predicted octanol–water partition coefficient (Wildman–Crippen LogP) is 4.89. The highest BCUT2D eigenvalue weighted by Crippen LogP contribution is 2.40. The fourth-order valence-electron chi connectivity index (χ4n) is 4.08. The maximum Gasteiger partial charge on any atom is 0.252 e. The van der Waals surface area contributed by atoms with Crippen LogP contribution in [0.2, 0.25) is 0 Å². The summed E-state index contributed by atoms with van der Waals surface area (Å²) in [5.41, 5.74) is 4.29. The molecule has 1 aliphatic carbocycles.